The summed E-state index contributed by atoms with van der Waals surface area (Å²) in [7, 11) is 1.53. The molecule has 0 saturated heterocycles. The fourth-order valence-electron chi connectivity index (χ4n) is 3.38. The van der Waals surface area contributed by atoms with Crippen molar-refractivity contribution in [2.24, 2.45) is 0 Å². The van der Waals surface area contributed by atoms with E-state index in [1.165, 1.54) is 12.1 Å². The number of rotatable bonds is 17. The van der Waals surface area contributed by atoms with Gasteiger partial charge >= 0.3 is 18.2 Å². The van der Waals surface area contributed by atoms with E-state index >= 15 is 0 Å². The maximum atomic E-state index is 12.6. The van der Waals surface area contributed by atoms with Crippen LogP contribution in [0.2, 0.25) is 0 Å². The monoisotopic (exact) mass is 579 g/mol. The molecular weight excluding hydrogens is 534 g/mol. The fraction of sp³-hybridized carbons (Fsp3) is 0.607. The van der Waals surface area contributed by atoms with Crippen molar-refractivity contribution in [3.63, 3.8) is 0 Å². The van der Waals surface area contributed by atoms with Gasteiger partial charge in [-0.15, -0.1) is 0 Å². The first-order valence-electron chi connectivity index (χ1n) is 13.7. The van der Waals surface area contributed by atoms with Gasteiger partial charge in [-0.25, -0.2) is 14.6 Å². The Morgan fingerprint density at radius 2 is 1.63 bits per heavy atom. The van der Waals surface area contributed by atoms with Crippen LogP contribution in [0.15, 0.2) is 30.3 Å². The summed E-state index contributed by atoms with van der Waals surface area (Å²) in [5, 5.41) is 9.05. The van der Waals surface area contributed by atoms with Crippen LogP contribution < -0.4 is 21.4 Å². The van der Waals surface area contributed by atoms with Crippen LogP contribution in [-0.4, -0.2) is 79.9 Å². The van der Waals surface area contributed by atoms with E-state index in [0.717, 1.165) is 18.4 Å². The Morgan fingerprint density at radius 3 is 2.29 bits per heavy atom. The highest BCUT2D eigenvalue weighted by Crippen LogP contribution is 2.07. The number of hydrogen-bond donors (Lipinski definition) is 4. The third-order valence-electron chi connectivity index (χ3n) is 5.24. The minimum Gasteiger partial charge on any atom is -0.465 e. The van der Waals surface area contributed by atoms with Gasteiger partial charge in [0.05, 0.1) is 6.61 Å². The van der Waals surface area contributed by atoms with Gasteiger partial charge < -0.3 is 30.2 Å². The molecular formula is C28H45N5O8. The number of likely N-dealkylation sites (N-methyl/N-ethyl adjacent to an activating group) is 1. The number of alkyl carbamates (subject to hydrolysis) is 2. The second-order valence-corrected chi connectivity index (χ2v) is 10.4. The van der Waals surface area contributed by atoms with Crippen LogP contribution in [0.25, 0.3) is 0 Å². The number of benzene rings is 1. The molecule has 41 heavy (non-hydrogen) atoms. The quantitative estimate of drug-likeness (QED) is 0.0939. The summed E-state index contributed by atoms with van der Waals surface area (Å²) in [5.41, 5.74) is 2.72. The molecule has 1 aromatic rings. The van der Waals surface area contributed by atoms with Crippen LogP contribution in [0.3, 0.4) is 0 Å². The first kappa shape index (κ1) is 35.2. The Labute approximate surface area is 242 Å². The summed E-state index contributed by atoms with van der Waals surface area (Å²) in [6.45, 7) is 7.31. The number of nitrogens with one attached hydrogen (secondary N) is 4. The van der Waals surface area contributed by atoms with E-state index in [1.807, 2.05) is 37.3 Å². The Morgan fingerprint density at radius 1 is 0.927 bits per heavy atom. The number of carbonyl (C=O) groups excluding carboxylic acids is 5. The molecule has 0 radical (unpaired) electrons. The smallest absolute Gasteiger partial charge is 0.408 e. The zero-order valence-electron chi connectivity index (χ0n) is 24.7. The van der Waals surface area contributed by atoms with E-state index in [4.69, 9.17) is 14.2 Å². The Bertz CT molecular complexity index is 968. The van der Waals surface area contributed by atoms with Gasteiger partial charge in [0.25, 0.3) is 0 Å². The lowest BCUT2D eigenvalue weighted by Gasteiger charge is -2.22. The second kappa shape index (κ2) is 19.2. The molecule has 0 aliphatic carbocycles. The number of nitrogens with zero attached hydrogens (tertiary/aromatic N) is 1. The van der Waals surface area contributed by atoms with Crippen molar-refractivity contribution < 1.29 is 38.2 Å². The predicted octanol–water partition coefficient (Wildman–Crippen LogP) is 2.40. The molecule has 13 heteroatoms. The number of unbranched alkanes of at least 4 members (excludes halogenated alkanes) is 1. The minimum atomic E-state index is -0.743. The number of ether oxygens (including phenoxy) is 3. The molecule has 0 bridgehead atoms. The van der Waals surface area contributed by atoms with Crippen LogP contribution in [0.4, 0.5) is 9.59 Å². The minimum absolute atomic E-state index is 0.105. The summed E-state index contributed by atoms with van der Waals surface area (Å²) in [6.07, 6.45) is 0.987. The van der Waals surface area contributed by atoms with Gasteiger partial charge in [-0.05, 0) is 45.6 Å². The van der Waals surface area contributed by atoms with Crippen molar-refractivity contribution in [1.82, 2.24) is 26.4 Å². The van der Waals surface area contributed by atoms with Gasteiger partial charge in [-0.1, -0.05) is 43.7 Å². The summed E-state index contributed by atoms with van der Waals surface area (Å²) in [5.74, 6) is -1.42. The number of hydrazine groups is 1. The average molecular weight is 580 g/mol. The van der Waals surface area contributed by atoms with Gasteiger partial charge in [0.15, 0.2) is 0 Å². The van der Waals surface area contributed by atoms with Crippen molar-refractivity contribution in [2.75, 3.05) is 33.3 Å². The third kappa shape index (κ3) is 18.9. The molecule has 4 N–H and O–H groups in total. The van der Waals surface area contributed by atoms with Gasteiger partial charge in [-0.2, -0.15) is 0 Å². The summed E-state index contributed by atoms with van der Waals surface area (Å²) in [4.78, 5) is 60.9. The predicted molar refractivity (Wildman–Crippen MR) is 151 cm³/mol. The molecule has 4 amide bonds. The van der Waals surface area contributed by atoms with Crippen LogP contribution in [0.1, 0.15) is 65.4 Å². The Kier molecular flexibility index (Phi) is 16.5. The molecule has 0 unspecified atom stereocenters. The molecule has 13 nitrogen and oxygen atoms in total. The van der Waals surface area contributed by atoms with Crippen molar-refractivity contribution >= 4 is 30.0 Å². The summed E-state index contributed by atoms with van der Waals surface area (Å²) >= 11 is 0. The molecule has 230 valence electrons. The maximum absolute atomic E-state index is 12.6. The molecule has 0 saturated carbocycles. The van der Waals surface area contributed by atoms with E-state index in [0.29, 0.717) is 19.4 Å². The van der Waals surface area contributed by atoms with E-state index in [2.05, 4.69) is 21.4 Å². The van der Waals surface area contributed by atoms with Crippen LogP contribution in [-0.2, 0) is 35.2 Å². The third-order valence-corrected chi connectivity index (χ3v) is 5.24. The lowest BCUT2D eigenvalue weighted by atomic mass is 10.1. The highest BCUT2D eigenvalue weighted by Gasteiger charge is 2.20. The summed E-state index contributed by atoms with van der Waals surface area (Å²) < 4.78 is 15.4. The highest BCUT2D eigenvalue weighted by atomic mass is 16.6. The molecule has 0 spiro atoms. The SMILES string of the molecule is CCCCOC(=O)CN(C)NC(=O)C[C@H](CCCNC(=O)OCc1ccccc1)NC(=O)CNC(=O)OC(C)(C)C. The standard InChI is InChI=1S/C28H45N5O8/c1-6-7-16-39-25(36)19-33(5)32-23(34)17-22(31-24(35)18-30-27(38)41-28(2,3)4)14-11-15-29-26(37)40-20-21-12-9-8-10-13-21/h8-10,12-13,22H,6-7,11,14-20H2,1-5H3,(H,29,37)(H,30,38)(H,31,35)(H,32,34)/t22-/m0/s1. The maximum Gasteiger partial charge on any atom is 0.408 e. The lowest BCUT2D eigenvalue weighted by molar-refractivity contribution is -0.146. The largest absolute Gasteiger partial charge is 0.465 e. The van der Waals surface area contributed by atoms with Gasteiger partial charge in [0.2, 0.25) is 11.8 Å². The van der Waals surface area contributed by atoms with Crippen molar-refractivity contribution in [3.05, 3.63) is 35.9 Å². The van der Waals surface area contributed by atoms with Crippen molar-refractivity contribution in [2.45, 2.75) is 78.0 Å². The number of amides is 4. The normalized spacial score (nSPS) is 11.7. The number of esters is 1. The van der Waals surface area contributed by atoms with Crippen LogP contribution in [0.5, 0.6) is 0 Å². The number of hydrogen-bond acceptors (Lipinski definition) is 9. The fourth-order valence-corrected chi connectivity index (χ4v) is 3.38. The van der Waals surface area contributed by atoms with Gasteiger partial charge in [0.1, 0.15) is 25.3 Å². The van der Waals surface area contributed by atoms with Gasteiger partial charge in [-0.3, -0.25) is 19.8 Å². The average Bonchev–Trinajstić information content (AvgIpc) is 2.88. The molecule has 0 aromatic heterocycles. The van der Waals surface area contributed by atoms with E-state index < -0.39 is 41.6 Å². The zero-order chi connectivity index (χ0) is 30.7. The van der Waals surface area contributed by atoms with E-state index in [1.54, 1.807) is 20.8 Å². The molecule has 0 aliphatic rings. The Hall–Kier alpha value is -3.87. The molecule has 0 fully saturated rings. The topological polar surface area (TPSA) is 164 Å². The summed E-state index contributed by atoms with van der Waals surface area (Å²) in [6, 6.07) is 8.64. The van der Waals surface area contributed by atoms with E-state index in [-0.39, 0.29) is 32.7 Å². The van der Waals surface area contributed by atoms with Gasteiger partial charge in [0, 0.05) is 26.1 Å². The van der Waals surface area contributed by atoms with E-state index in [9.17, 15) is 24.0 Å². The van der Waals surface area contributed by atoms with Crippen molar-refractivity contribution in [1.29, 1.82) is 0 Å². The van der Waals surface area contributed by atoms with Crippen LogP contribution in [0, 0.1) is 0 Å². The van der Waals surface area contributed by atoms with Crippen molar-refractivity contribution in [3.8, 4) is 0 Å². The second-order valence-electron chi connectivity index (χ2n) is 10.4. The molecule has 1 atom stereocenters. The first-order chi connectivity index (χ1) is 19.4. The molecule has 0 heterocycles. The molecule has 0 aliphatic heterocycles. The van der Waals surface area contributed by atoms with Crippen LogP contribution >= 0.6 is 0 Å². The molecule has 1 aromatic carbocycles. The first-order valence-corrected chi connectivity index (χ1v) is 13.7. The Balaban J connectivity index is 2.57. The highest BCUT2D eigenvalue weighted by molar-refractivity contribution is 5.83. The molecule has 1 rings (SSSR count). The lowest BCUT2D eigenvalue weighted by Crippen LogP contribution is -2.47. The zero-order valence-corrected chi connectivity index (χ0v) is 24.7. The number of carbonyl (C=O) groups is 5.